The van der Waals surface area contributed by atoms with Gasteiger partial charge in [-0.15, -0.1) is 11.3 Å². The van der Waals surface area contributed by atoms with Gasteiger partial charge in [-0.2, -0.15) is 0 Å². The van der Waals surface area contributed by atoms with E-state index in [0.29, 0.717) is 13.0 Å². The van der Waals surface area contributed by atoms with Gasteiger partial charge in [-0.05, 0) is 56.9 Å². The van der Waals surface area contributed by atoms with E-state index in [1.165, 1.54) is 50.1 Å². The SMILES string of the molecule is CN(C)C(=O)c1sc2ncccc2c1C1CCN(C(=O)CCCN2CCCCCC2)C1. The van der Waals surface area contributed by atoms with E-state index in [-0.39, 0.29) is 17.7 Å². The van der Waals surface area contributed by atoms with E-state index >= 15 is 0 Å². The van der Waals surface area contributed by atoms with E-state index in [0.717, 1.165) is 46.6 Å². The van der Waals surface area contributed by atoms with Crippen molar-refractivity contribution in [3.63, 3.8) is 0 Å². The van der Waals surface area contributed by atoms with Gasteiger partial charge in [-0.3, -0.25) is 9.59 Å². The molecule has 4 heterocycles. The first-order valence-electron chi connectivity index (χ1n) is 11.6. The van der Waals surface area contributed by atoms with Crippen LogP contribution in [0.2, 0.25) is 0 Å². The van der Waals surface area contributed by atoms with Crippen molar-refractivity contribution in [3.8, 4) is 0 Å². The first-order valence-corrected chi connectivity index (χ1v) is 12.5. The number of amides is 2. The third-order valence-corrected chi connectivity index (χ3v) is 7.74. The molecule has 31 heavy (non-hydrogen) atoms. The van der Waals surface area contributed by atoms with Crippen LogP contribution in [0.15, 0.2) is 18.3 Å². The molecule has 2 saturated heterocycles. The van der Waals surface area contributed by atoms with Crippen molar-refractivity contribution in [1.82, 2.24) is 19.7 Å². The summed E-state index contributed by atoms with van der Waals surface area (Å²) < 4.78 is 0. The highest BCUT2D eigenvalue weighted by atomic mass is 32.1. The zero-order chi connectivity index (χ0) is 21.8. The molecule has 2 aromatic heterocycles. The Morgan fingerprint density at radius 1 is 1.16 bits per heavy atom. The zero-order valence-corrected chi connectivity index (χ0v) is 19.6. The molecule has 0 N–H and O–H groups in total. The van der Waals surface area contributed by atoms with Crippen molar-refractivity contribution in [2.24, 2.45) is 0 Å². The predicted molar refractivity (Wildman–Crippen MR) is 126 cm³/mol. The second-order valence-corrected chi connectivity index (χ2v) is 10.1. The molecule has 6 nitrogen and oxygen atoms in total. The fourth-order valence-corrected chi connectivity index (χ4v) is 6.16. The van der Waals surface area contributed by atoms with Crippen LogP contribution < -0.4 is 0 Å². The standard InChI is InChI=1S/C24H34N4O2S/c1-26(2)24(30)22-21(19-9-7-12-25-23(19)31-22)18-11-16-28(17-18)20(29)10-8-15-27-13-5-3-4-6-14-27/h7,9,12,18H,3-6,8,10-11,13-17H2,1-2H3. The van der Waals surface area contributed by atoms with Crippen LogP contribution >= 0.6 is 11.3 Å². The number of pyridine rings is 1. The average Bonchev–Trinajstić information content (AvgIpc) is 3.31. The molecule has 1 atom stereocenters. The summed E-state index contributed by atoms with van der Waals surface area (Å²) in [4.78, 5) is 38.1. The summed E-state index contributed by atoms with van der Waals surface area (Å²) in [5.74, 6) is 0.488. The van der Waals surface area contributed by atoms with E-state index in [9.17, 15) is 9.59 Å². The third-order valence-electron chi connectivity index (χ3n) is 6.62. The molecule has 2 aromatic rings. The van der Waals surface area contributed by atoms with E-state index < -0.39 is 0 Å². The zero-order valence-electron chi connectivity index (χ0n) is 18.8. The summed E-state index contributed by atoms with van der Waals surface area (Å²) in [6.07, 6.45) is 9.52. The molecular formula is C24H34N4O2S. The van der Waals surface area contributed by atoms with Gasteiger partial charge in [0, 0.05) is 51.1 Å². The Balaban J connectivity index is 1.40. The van der Waals surface area contributed by atoms with Gasteiger partial charge < -0.3 is 14.7 Å². The Kier molecular flexibility index (Phi) is 7.23. The number of nitrogens with zero attached hydrogens (tertiary/aromatic N) is 4. The molecular weight excluding hydrogens is 408 g/mol. The van der Waals surface area contributed by atoms with E-state index in [1.807, 2.05) is 11.0 Å². The highest BCUT2D eigenvalue weighted by molar-refractivity contribution is 7.20. The van der Waals surface area contributed by atoms with Crippen LogP contribution in [0.3, 0.4) is 0 Å². The second kappa shape index (κ2) is 10.1. The van der Waals surface area contributed by atoms with E-state index in [2.05, 4.69) is 16.0 Å². The molecule has 0 spiro atoms. The number of rotatable bonds is 6. The number of thiophene rings is 1. The number of aromatic nitrogens is 1. The Labute approximate surface area is 189 Å². The Bertz CT molecular complexity index is 917. The summed E-state index contributed by atoms with van der Waals surface area (Å²) in [7, 11) is 3.58. The monoisotopic (exact) mass is 442 g/mol. The Morgan fingerprint density at radius 2 is 1.94 bits per heavy atom. The maximum absolute atomic E-state index is 12.9. The summed E-state index contributed by atoms with van der Waals surface area (Å²) in [5.41, 5.74) is 1.09. The molecule has 0 aromatic carbocycles. The third kappa shape index (κ3) is 5.09. The van der Waals surface area contributed by atoms with E-state index in [4.69, 9.17) is 0 Å². The maximum atomic E-state index is 12.9. The van der Waals surface area contributed by atoms with Gasteiger partial charge >= 0.3 is 0 Å². The number of fused-ring (bicyclic) bond motifs is 1. The molecule has 2 aliphatic heterocycles. The summed E-state index contributed by atoms with van der Waals surface area (Å²) in [6, 6.07) is 4.00. The van der Waals surface area contributed by atoms with Crippen LogP contribution in [0.5, 0.6) is 0 Å². The minimum absolute atomic E-state index is 0.0280. The lowest BCUT2D eigenvalue weighted by molar-refractivity contribution is -0.130. The van der Waals surface area contributed by atoms with Crippen LogP contribution in [0, 0.1) is 0 Å². The number of carbonyl (C=O) groups is 2. The largest absolute Gasteiger partial charge is 0.344 e. The molecule has 0 saturated carbocycles. The summed E-state index contributed by atoms with van der Waals surface area (Å²) in [5, 5.41) is 1.07. The fourth-order valence-electron chi connectivity index (χ4n) is 4.91. The lowest BCUT2D eigenvalue weighted by Gasteiger charge is -2.21. The van der Waals surface area contributed by atoms with Crippen molar-refractivity contribution in [2.45, 2.75) is 50.9 Å². The molecule has 2 aliphatic rings. The smallest absolute Gasteiger partial charge is 0.263 e. The summed E-state index contributed by atoms with van der Waals surface area (Å²) >= 11 is 1.48. The first-order chi connectivity index (χ1) is 15.0. The first kappa shape index (κ1) is 22.2. The quantitative estimate of drug-likeness (QED) is 0.679. The molecule has 0 bridgehead atoms. The van der Waals surface area contributed by atoms with Crippen molar-refractivity contribution < 1.29 is 9.59 Å². The highest BCUT2D eigenvalue weighted by Crippen LogP contribution is 2.39. The van der Waals surface area contributed by atoms with Crippen LogP contribution in [0.1, 0.15) is 66.1 Å². The predicted octanol–water partition coefficient (Wildman–Crippen LogP) is 3.97. The van der Waals surface area contributed by atoms with Crippen LogP contribution in [-0.4, -0.2) is 78.3 Å². The normalized spacial score (nSPS) is 20.2. The Hall–Kier alpha value is -1.99. The van der Waals surface area contributed by atoms with Crippen molar-refractivity contribution in [3.05, 3.63) is 28.8 Å². The Morgan fingerprint density at radius 3 is 2.68 bits per heavy atom. The molecule has 7 heteroatoms. The lowest BCUT2D eigenvalue weighted by atomic mass is 9.95. The summed E-state index contributed by atoms with van der Waals surface area (Å²) in [6.45, 7) is 4.88. The van der Waals surface area contributed by atoms with Gasteiger partial charge in [0.15, 0.2) is 0 Å². The fraction of sp³-hybridized carbons (Fsp3) is 0.625. The topological polar surface area (TPSA) is 56.8 Å². The number of hydrogen-bond acceptors (Lipinski definition) is 5. The van der Waals surface area contributed by atoms with Gasteiger partial charge in [0.1, 0.15) is 4.83 Å². The minimum atomic E-state index is 0.0280. The van der Waals surface area contributed by atoms with Gasteiger partial charge in [-0.1, -0.05) is 18.9 Å². The minimum Gasteiger partial charge on any atom is -0.344 e. The number of likely N-dealkylation sites (tertiary alicyclic amines) is 2. The van der Waals surface area contributed by atoms with Gasteiger partial charge in [0.05, 0.1) is 4.88 Å². The molecule has 0 aliphatic carbocycles. The average molecular weight is 443 g/mol. The van der Waals surface area contributed by atoms with Crippen LogP contribution in [0.25, 0.3) is 10.2 Å². The molecule has 0 radical (unpaired) electrons. The molecule has 2 amide bonds. The highest BCUT2D eigenvalue weighted by Gasteiger charge is 2.33. The van der Waals surface area contributed by atoms with E-state index in [1.54, 1.807) is 25.2 Å². The van der Waals surface area contributed by atoms with Crippen molar-refractivity contribution in [2.75, 3.05) is 46.8 Å². The molecule has 2 fully saturated rings. The number of carbonyl (C=O) groups excluding carboxylic acids is 2. The van der Waals surface area contributed by atoms with Gasteiger partial charge in [0.2, 0.25) is 5.91 Å². The van der Waals surface area contributed by atoms with Gasteiger partial charge in [-0.25, -0.2) is 4.98 Å². The van der Waals surface area contributed by atoms with Gasteiger partial charge in [0.25, 0.3) is 5.91 Å². The molecule has 1 unspecified atom stereocenters. The van der Waals surface area contributed by atoms with Crippen LogP contribution in [0.4, 0.5) is 0 Å². The number of hydrogen-bond donors (Lipinski definition) is 0. The maximum Gasteiger partial charge on any atom is 0.263 e. The second-order valence-electron chi connectivity index (χ2n) is 9.09. The van der Waals surface area contributed by atoms with Crippen molar-refractivity contribution >= 4 is 33.4 Å². The van der Waals surface area contributed by atoms with Crippen LogP contribution in [-0.2, 0) is 4.79 Å². The molecule has 4 rings (SSSR count). The lowest BCUT2D eigenvalue weighted by Crippen LogP contribution is -2.30. The van der Waals surface area contributed by atoms with Crippen molar-refractivity contribution in [1.29, 1.82) is 0 Å². The molecule has 168 valence electrons.